The average Bonchev–Trinajstić information content (AvgIpc) is 2.16. The summed E-state index contributed by atoms with van der Waals surface area (Å²) in [6, 6.07) is 1.72. The van der Waals surface area contributed by atoms with Crippen molar-refractivity contribution in [3.63, 3.8) is 0 Å². The van der Waals surface area contributed by atoms with E-state index in [1.165, 1.54) is 11.8 Å². The van der Waals surface area contributed by atoms with E-state index in [0.29, 0.717) is 23.7 Å². The lowest BCUT2D eigenvalue weighted by Gasteiger charge is -2.36. The van der Waals surface area contributed by atoms with E-state index in [2.05, 4.69) is 9.97 Å². The molecule has 2 rings (SSSR count). The van der Waals surface area contributed by atoms with Crippen LogP contribution in [0.25, 0.3) is 0 Å². The fourth-order valence-electron chi connectivity index (χ4n) is 1.82. The van der Waals surface area contributed by atoms with Gasteiger partial charge in [0.25, 0.3) is 0 Å². The molecule has 1 aliphatic carbocycles. The van der Waals surface area contributed by atoms with Gasteiger partial charge >= 0.3 is 5.97 Å². The minimum Gasteiger partial charge on any atom is -0.481 e. The fraction of sp³-hybridized carbons (Fsp3) is 0.500. The van der Waals surface area contributed by atoms with Crippen molar-refractivity contribution in [2.75, 3.05) is 6.26 Å². The van der Waals surface area contributed by atoms with Crippen molar-refractivity contribution in [3.05, 3.63) is 18.0 Å². The smallest absolute Gasteiger partial charge is 0.315 e. The fourth-order valence-corrected chi connectivity index (χ4v) is 2.17. The number of carboxylic acid groups (broad SMARTS) is 1. The zero-order valence-corrected chi connectivity index (χ0v) is 9.25. The highest BCUT2D eigenvalue weighted by molar-refractivity contribution is 7.98. The molecule has 80 valence electrons. The molecule has 1 heterocycles. The summed E-state index contributed by atoms with van der Waals surface area (Å²) < 4.78 is 0. The van der Waals surface area contributed by atoms with Crippen molar-refractivity contribution in [2.45, 2.75) is 29.8 Å². The number of aromatic nitrogens is 2. The van der Waals surface area contributed by atoms with Crippen molar-refractivity contribution in [1.82, 2.24) is 9.97 Å². The highest BCUT2D eigenvalue weighted by Crippen LogP contribution is 2.43. The minimum absolute atomic E-state index is 0.639. The van der Waals surface area contributed by atoms with Crippen LogP contribution in [0.15, 0.2) is 17.4 Å². The van der Waals surface area contributed by atoms with Crippen molar-refractivity contribution >= 4 is 17.7 Å². The third kappa shape index (κ3) is 1.61. The molecule has 0 aromatic carbocycles. The second-order valence-electron chi connectivity index (χ2n) is 3.67. The van der Waals surface area contributed by atoms with Crippen molar-refractivity contribution in [3.8, 4) is 0 Å². The van der Waals surface area contributed by atoms with E-state index >= 15 is 0 Å². The van der Waals surface area contributed by atoms with E-state index in [9.17, 15) is 9.90 Å². The molecule has 0 saturated heterocycles. The molecule has 0 aliphatic heterocycles. The Labute approximate surface area is 92.1 Å². The summed E-state index contributed by atoms with van der Waals surface area (Å²) in [4.78, 5) is 19.6. The van der Waals surface area contributed by atoms with Crippen LogP contribution in [0, 0.1) is 0 Å². The maximum atomic E-state index is 11.2. The zero-order chi connectivity index (χ0) is 10.9. The summed E-state index contributed by atoms with van der Waals surface area (Å²) in [6.07, 6.45) is 5.86. The first-order chi connectivity index (χ1) is 7.19. The number of hydrogen-bond acceptors (Lipinski definition) is 4. The Kier molecular flexibility index (Phi) is 2.65. The van der Waals surface area contributed by atoms with Gasteiger partial charge in [-0.2, -0.15) is 0 Å². The first-order valence-electron chi connectivity index (χ1n) is 4.80. The maximum absolute atomic E-state index is 11.2. The van der Waals surface area contributed by atoms with Gasteiger partial charge in [0.15, 0.2) is 5.16 Å². The summed E-state index contributed by atoms with van der Waals surface area (Å²) in [5.41, 5.74) is -0.0893. The first kappa shape index (κ1) is 10.4. The topological polar surface area (TPSA) is 63.1 Å². The summed E-state index contributed by atoms with van der Waals surface area (Å²) >= 11 is 1.43. The quantitative estimate of drug-likeness (QED) is 0.625. The number of carboxylic acids is 1. The van der Waals surface area contributed by atoms with Crippen LogP contribution in [0.4, 0.5) is 0 Å². The summed E-state index contributed by atoms with van der Waals surface area (Å²) in [5.74, 6) is -0.764. The van der Waals surface area contributed by atoms with E-state index in [0.717, 1.165) is 6.42 Å². The lowest BCUT2D eigenvalue weighted by Crippen LogP contribution is -2.43. The van der Waals surface area contributed by atoms with Gasteiger partial charge in [0.05, 0.1) is 5.69 Å². The minimum atomic E-state index is -0.764. The molecule has 15 heavy (non-hydrogen) atoms. The molecule has 1 N–H and O–H groups in total. The van der Waals surface area contributed by atoms with Crippen LogP contribution >= 0.6 is 11.8 Å². The van der Waals surface area contributed by atoms with Gasteiger partial charge in [-0.1, -0.05) is 18.2 Å². The number of carbonyl (C=O) groups is 1. The van der Waals surface area contributed by atoms with Crippen LogP contribution < -0.4 is 0 Å². The third-order valence-corrected chi connectivity index (χ3v) is 3.48. The second kappa shape index (κ2) is 3.81. The van der Waals surface area contributed by atoms with Gasteiger partial charge in [0, 0.05) is 6.20 Å². The molecule has 1 fully saturated rings. The number of aliphatic carboxylic acids is 1. The summed E-state index contributed by atoms with van der Waals surface area (Å²) in [6.45, 7) is 0. The SMILES string of the molecule is CSc1nccc(C2(C(=O)O)CCC2)n1. The van der Waals surface area contributed by atoms with Crippen LogP contribution in [0.1, 0.15) is 25.0 Å². The van der Waals surface area contributed by atoms with Gasteiger partial charge in [-0.15, -0.1) is 0 Å². The van der Waals surface area contributed by atoms with Gasteiger partial charge < -0.3 is 5.11 Å². The average molecular weight is 224 g/mol. The molecule has 0 radical (unpaired) electrons. The first-order valence-corrected chi connectivity index (χ1v) is 6.02. The van der Waals surface area contributed by atoms with E-state index in [-0.39, 0.29) is 0 Å². The van der Waals surface area contributed by atoms with Crippen molar-refractivity contribution in [1.29, 1.82) is 0 Å². The Morgan fingerprint density at radius 3 is 2.80 bits per heavy atom. The molecule has 1 aromatic heterocycles. The van der Waals surface area contributed by atoms with Gasteiger partial charge in [-0.25, -0.2) is 9.97 Å². The molecule has 0 spiro atoms. The highest BCUT2D eigenvalue weighted by Gasteiger charge is 2.47. The molecule has 0 amide bonds. The lowest BCUT2D eigenvalue weighted by atomic mass is 9.66. The largest absolute Gasteiger partial charge is 0.481 e. The predicted molar refractivity (Wildman–Crippen MR) is 57.0 cm³/mol. The predicted octanol–water partition coefficient (Wildman–Crippen LogP) is 1.70. The van der Waals surface area contributed by atoms with Gasteiger partial charge in [0.1, 0.15) is 5.41 Å². The molecule has 0 atom stereocenters. The standard InChI is InChI=1S/C10H12N2O2S/c1-15-9-11-6-3-7(12-9)10(8(13)14)4-2-5-10/h3,6H,2,4-5H2,1H3,(H,13,14). The van der Waals surface area contributed by atoms with Gasteiger partial charge in [0.2, 0.25) is 0 Å². The normalized spacial score (nSPS) is 18.2. The molecule has 0 unspecified atom stereocenters. The van der Waals surface area contributed by atoms with E-state index in [4.69, 9.17) is 0 Å². The van der Waals surface area contributed by atoms with Crippen LogP contribution in [0.2, 0.25) is 0 Å². The molecule has 5 heteroatoms. The number of thioether (sulfide) groups is 1. The third-order valence-electron chi connectivity index (χ3n) is 2.92. The van der Waals surface area contributed by atoms with Crippen molar-refractivity contribution in [2.24, 2.45) is 0 Å². The van der Waals surface area contributed by atoms with E-state index < -0.39 is 11.4 Å². The van der Waals surface area contributed by atoms with Gasteiger partial charge in [-0.3, -0.25) is 4.79 Å². The Morgan fingerprint density at radius 2 is 2.33 bits per heavy atom. The number of nitrogens with zero attached hydrogens (tertiary/aromatic N) is 2. The highest BCUT2D eigenvalue weighted by atomic mass is 32.2. The molecule has 1 aromatic rings. The summed E-state index contributed by atoms with van der Waals surface area (Å²) in [5, 5.41) is 9.87. The molecule has 1 saturated carbocycles. The molecule has 0 bridgehead atoms. The molecule has 4 nitrogen and oxygen atoms in total. The monoisotopic (exact) mass is 224 g/mol. The van der Waals surface area contributed by atoms with Crippen molar-refractivity contribution < 1.29 is 9.90 Å². The Morgan fingerprint density at radius 1 is 1.60 bits per heavy atom. The van der Waals surface area contributed by atoms with Gasteiger partial charge in [-0.05, 0) is 25.2 Å². The molecular formula is C10H12N2O2S. The van der Waals surface area contributed by atoms with Crippen LogP contribution in [-0.2, 0) is 10.2 Å². The Hall–Kier alpha value is -1.10. The molecular weight excluding hydrogens is 212 g/mol. The Bertz CT molecular complexity index is 391. The van der Waals surface area contributed by atoms with Crippen LogP contribution in [-0.4, -0.2) is 27.3 Å². The lowest BCUT2D eigenvalue weighted by molar-refractivity contribution is -0.147. The zero-order valence-electron chi connectivity index (χ0n) is 8.43. The Balaban J connectivity index is 2.38. The second-order valence-corrected chi connectivity index (χ2v) is 4.44. The number of rotatable bonds is 3. The van der Waals surface area contributed by atoms with Crippen LogP contribution in [0.5, 0.6) is 0 Å². The number of hydrogen-bond donors (Lipinski definition) is 1. The van der Waals surface area contributed by atoms with E-state index in [1.54, 1.807) is 12.3 Å². The van der Waals surface area contributed by atoms with Crippen LogP contribution in [0.3, 0.4) is 0 Å². The molecule has 1 aliphatic rings. The maximum Gasteiger partial charge on any atom is 0.315 e. The van der Waals surface area contributed by atoms with E-state index in [1.807, 2.05) is 6.26 Å². The summed E-state index contributed by atoms with van der Waals surface area (Å²) in [7, 11) is 0.